The highest BCUT2D eigenvalue weighted by molar-refractivity contribution is 7.92. The molecule has 28 heavy (non-hydrogen) atoms. The molecule has 1 N–H and O–H groups in total. The summed E-state index contributed by atoms with van der Waals surface area (Å²) >= 11 is 0. The zero-order valence-electron chi connectivity index (χ0n) is 15.5. The fraction of sp³-hybridized carbons (Fsp3) is 0.190. The van der Waals surface area contributed by atoms with E-state index in [0.717, 1.165) is 10.8 Å². The SMILES string of the molecule is CC(=O)N1CC(C)Oc2ccc(S(=O)(=O)Nc3cccc4ccccc34)cc21. The molecule has 1 aliphatic heterocycles. The average Bonchev–Trinajstić information content (AvgIpc) is 2.67. The number of hydrogen-bond donors (Lipinski definition) is 1. The van der Waals surface area contributed by atoms with Crippen LogP contribution >= 0.6 is 0 Å². The van der Waals surface area contributed by atoms with Crippen molar-refractivity contribution in [2.45, 2.75) is 24.8 Å². The van der Waals surface area contributed by atoms with Gasteiger partial charge in [-0.05, 0) is 36.6 Å². The van der Waals surface area contributed by atoms with Crippen LogP contribution in [0.4, 0.5) is 11.4 Å². The van der Waals surface area contributed by atoms with Gasteiger partial charge in [0, 0.05) is 12.3 Å². The van der Waals surface area contributed by atoms with Gasteiger partial charge < -0.3 is 9.64 Å². The maximum absolute atomic E-state index is 13.0. The van der Waals surface area contributed by atoms with Gasteiger partial charge in [-0.3, -0.25) is 9.52 Å². The average molecular weight is 396 g/mol. The van der Waals surface area contributed by atoms with Gasteiger partial charge in [0.25, 0.3) is 10.0 Å². The summed E-state index contributed by atoms with van der Waals surface area (Å²) in [7, 11) is -3.84. The Morgan fingerprint density at radius 2 is 1.86 bits per heavy atom. The van der Waals surface area contributed by atoms with E-state index in [9.17, 15) is 13.2 Å². The van der Waals surface area contributed by atoms with Crippen molar-refractivity contribution in [3.63, 3.8) is 0 Å². The molecule has 1 heterocycles. The highest BCUT2D eigenvalue weighted by atomic mass is 32.2. The Balaban J connectivity index is 1.74. The molecule has 1 atom stereocenters. The zero-order chi connectivity index (χ0) is 19.9. The van der Waals surface area contributed by atoms with Gasteiger partial charge in [0.15, 0.2) is 0 Å². The van der Waals surface area contributed by atoms with Crippen LogP contribution in [0.1, 0.15) is 13.8 Å². The smallest absolute Gasteiger partial charge is 0.261 e. The van der Waals surface area contributed by atoms with Crippen LogP contribution in [0, 0.1) is 0 Å². The normalized spacial score (nSPS) is 16.4. The van der Waals surface area contributed by atoms with Crippen molar-refractivity contribution in [2.24, 2.45) is 0 Å². The van der Waals surface area contributed by atoms with Crippen LogP contribution in [-0.4, -0.2) is 27.0 Å². The van der Waals surface area contributed by atoms with Crippen molar-refractivity contribution < 1.29 is 17.9 Å². The number of nitrogens with one attached hydrogen (secondary N) is 1. The predicted molar refractivity (Wildman–Crippen MR) is 109 cm³/mol. The van der Waals surface area contributed by atoms with Gasteiger partial charge in [-0.1, -0.05) is 36.4 Å². The lowest BCUT2D eigenvalue weighted by Crippen LogP contribution is -2.41. The van der Waals surface area contributed by atoms with Gasteiger partial charge in [0.2, 0.25) is 5.91 Å². The monoisotopic (exact) mass is 396 g/mol. The van der Waals surface area contributed by atoms with Crippen molar-refractivity contribution in [3.05, 3.63) is 60.7 Å². The minimum Gasteiger partial charge on any atom is -0.487 e. The van der Waals surface area contributed by atoms with Crippen molar-refractivity contribution in [2.75, 3.05) is 16.2 Å². The number of anilines is 2. The van der Waals surface area contributed by atoms with E-state index in [1.54, 1.807) is 23.1 Å². The third-order valence-electron chi connectivity index (χ3n) is 4.71. The first kappa shape index (κ1) is 18.3. The highest BCUT2D eigenvalue weighted by Crippen LogP contribution is 2.36. The number of fused-ring (bicyclic) bond motifs is 2. The fourth-order valence-corrected chi connectivity index (χ4v) is 4.50. The summed E-state index contributed by atoms with van der Waals surface area (Å²) in [5.74, 6) is 0.339. The quantitative estimate of drug-likeness (QED) is 0.731. The Bertz CT molecular complexity index is 1170. The van der Waals surface area contributed by atoms with E-state index >= 15 is 0 Å². The molecule has 0 aromatic heterocycles. The number of carbonyl (C=O) groups excluding carboxylic acids is 1. The lowest BCUT2D eigenvalue weighted by Gasteiger charge is -2.33. The second-order valence-corrected chi connectivity index (χ2v) is 8.50. The number of nitrogens with zero attached hydrogens (tertiary/aromatic N) is 1. The Labute approximate surface area is 163 Å². The highest BCUT2D eigenvalue weighted by Gasteiger charge is 2.28. The third kappa shape index (κ3) is 3.29. The molecule has 0 fully saturated rings. The van der Waals surface area contributed by atoms with Gasteiger partial charge in [0.1, 0.15) is 11.9 Å². The number of ether oxygens (including phenoxy) is 1. The molecule has 0 spiro atoms. The molecule has 0 aliphatic carbocycles. The van der Waals surface area contributed by atoms with Crippen LogP contribution in [0.2, 0.25) is 0 Å². The zero-order valence-corrected chi connectivity index (χ0v) is 16.4. The summed E-state index contributed by atoms with van der Waals surface area (Å²) in [6.07, 6.45) is -0.160. The number of hydrogen-bond acceptors (Lipinski definition) is 4. The first-order chi connectivity index (χ1) is 13.3. The number of rotatable bonds is 3. The lowest BCUT2D eigenvalue weighted by atomic mass is 10.1. The number of amides is 1. The molecule has 0 saturated heterocycles. The minimum atomic E-state index is -3.84. The molecule has 3 aromatic carbocycles. The molecule has 4 rings (SSSR count). The standard InChI is InChI=1S/C21H20N2O4S/c1-14-13-23(15(2)24)20-12-17(10-11-21(20)27-14)28(25,26)22-19-9-5-7-16-6-3-4-8-18(16)19/h3-12,14,22H,13H2,1-2H3. The summed E-state index contributed by atoms with van der Waals surface area (Å²) in [6, 6.07) is 17.6. The molecule has 0 bridgehead atoms. The van der Waals surface area contributed by atoms with Crippen LogP contribution < -0.4 is 14.4 Å². The van der Waals surface area contributed by atoms with Crippen molar-refractivity contribution in [3.8, 4) is 5.75 Å². The lowest BCUT2D eigenvalue weighted by molar-refractivity contribution is -0.117. The molecule has 1 aliphatic rings. The molecule has 6 nitrogen and oxygen atoms in total. The molecule has 1 unspecified atom stereocenters. The Morgan fingerprint density at radius 1 is 1.11 bits per heavy atom. The molecule has 144 valence electrons. The molecule has 7 heteroatoms. The Hall–Kier alpha value is -3.06. The maximum atomic E-state index is 13.0. The first-order valence-corrected chi connectivity index (χ1v) is 10.4. The largest absolute Gasteiger partial charge is 0.487 e. The number of benzene rings is 3. The maximum Gasteiger partial charge on any atom is 0.261 e. The number of sulfonamides is 1. The van der Waals surface area contributed by atoms with Crippen molar-refractivity contribution in [1.82, 2.24) is 0 Å². The number of carbonyl (C=O) groups is 1. The van der Waals surface area contributed by atoms with E-state index in [2.05, 4.69) is 4.72 Å². The van der Waals surface area contributed by atoms with E-state index in [-0.39, 0.29) is 16.9 Å². The van der Waals surface area contributed by atoms with Gasteiger partial charge >= 0.3 is 0 Å². The summed E-state index contributed by atoms with van der Waals surface area (Å²) in [5, 5.41) is 1.76. The van der Waals surface area contributed by atoms with Crippen LogP contribution in [-0.2, 0) is 14.8 Å². The van der Waals surface area contributed by atoms with Crippen LogP contribution in [0.3, 0.4) is 0 Å². The van der Waals surface area contributed by atoms with Crippen LogP contribution in [0.25, 0.3) is 10.8 Å². The third-order valence-corrected chi connectivity index (χ3v) is 6.08. The summed E-state index contributed by atoms with van der Waals surface area (Å²) < 4.78 is 34.4. The topological polar surface area (TPSA) is 75.7 Å². The van der Waals surface area contributed by atoms with E-state index < -0.39 is 10.0 Å². The fourth-order valence-electron chi connectivity index (χ4n) is 3.40. The van der Waals surface area contributed by atoms with Crippen molar-refractivity contribution in [1.29, 1.82) is 0 Å². The van der Waals surface area contributed by atoms with E-state index in [0.29, 0.717) is 23.7 Å². The van der Waals surface area contributed by atoms with Gasteiger partial charge in [-0.2, -0.15) is 0 Å². The summed E-state index contributed by atoms with van der Waals surface area (Å²) in [6.45, 7) is 3.70. The molecule has 0 saturated carbocycles. The van der Waals surface area contributed by atoms with Gasteiger partial charge in [-0.15, -0.1) is 0 Å². The second kappa shape index (κ2) is 6.83. The Kier molecular flexibility index (Phi) is 4.47. The van der Waals surface area contributed by atoms with Crippen LogP contribution in [0.15, 0.2) is 65.6 Å². The van der Waals surface area contributed by atoms with Gasteiger partial charge in [0.05, 0.1) is 22.8 Å². The van der Waals surface area contributed by atoms with E-state index in [1.165, 1.54) is 19.1 Å². The van der Waals surface area contributed by atoms with Crippen LogP contribution in [0.5, 0.6) is 5.75 Å². The molecular formula is C21H20N2O4S. The molecule has 0 radical (unpaired) electrons. The molecule has 3 aromatic rings. The first-order valence-electron chi connectivity index (χ1n) is 8.94. The minimum absolute atomic E-state index is 0.0728. The van der Waals surface area contributed by atoms with E-state index in [1.807, 2.05) is 37.3 Å². The summed E-state index contributed by atoms with van der Waals surface area (Å²) in [4.78, 5) is 13.6. The van der Waals surface area contributed by atoms with Gasteiger partial charge in [-0.25, -0.2) is 8.42 Å². The van der Waals surface area contributed by atoms with E-state index in [4.69, 9.17) is 4.74 Å². The summed E-state index contributed by atoms with van der Waals surface area (Å²) in [5.41, 5.74) is 0.968. The van der Waals surface area contributed by atoms with Crippen molar-refractivity contribution >= 4 is 38.1 Å². The second-order valence-electron chi connectivity index (χ2n) is 6.82. The Morgan fingerprint density at radius 3 is 2.64 bits per heavy atom. The molecule has 1 amide bonds. The predicted octanol–water partition coefficient (Wildman–Crippen LogP) is 3.77. The molecular weight excluding hydrogens is 376 g/mol.